The molecule has 74 valence electrons. The van der Waals surface area contributed by atoms with Gasteiger partial charge in [0.15, 0.2) is 17.8 Å². The molecule has 0 fully saturated rings. The van der Waals surface area contributed by atoms with E-state index < -0.39 is 0 Å². The number of carbonyl (C=O) groups is 1. The predicted octanol–water partition coefficient (Wildman–Crippen LogP) is 1.28. The van der Waals surface area contributed by atoms with Crippen molar-refractivity contribution in [2.24, 2.45) is 0 Å². The molecule has 0 aliphatic carbocycles. The topological polar surface area (TPSA) is 44.8 Å². The van der Waals surface area contributed by atoms with Crippen LogP contribution in [-0.2, 0) is 0 Å². The summed E-state index contributed by atoms with van der Waals surface area (Å²) in [6.45, 7) is 1.00. The smallest absolute Gasteiger partial charge is 0.204 e. The zero-order valence-electron chi connectivity index (χ0n) is 7.78. The van der Waals surface area contributed by atoms with Crippen molar-refractivity contribution >= 4 is 6.29 Å². The lowest BCUT2D eigenvalue weighted by Crippen LogP contribution is -2.16. The summed E-state index contributed by atoms with van der Waals surface area (Å²) in [6, 6.07) is 3.36. The molecule has 4 nitrogen and oxygen atoms in total. The molecule has 0 spiro atoms. The first-order chi connectivity index (χ1) is 6.86. The number of rotatable bonds is 2. The van der Waals surface area contributed by atoms with Crippen LogP contribution in [0, 0.1) is 0 Å². The predicted molar refractivity (Wildman–Crippen MR) is 49.4 cm³/mol. The van der Waals surface area contributed by atoms with Gasteiger partial charge in [-0.2, -0.15) is 0 Å². The maximum absolute atomic E-state index is 10.7. The van der Waals surface area contributed by atoms with Crippen molar-refractivity contribution in [2.45, 2.75) is 0 Å². The van der Waals surface area contributed by atoms with E-state index in [1.807, 2.05) is 0 Å². The van der Waals surface area contributed by atoms with Gasteiger partial charge in [-0.3, -0.25) is 4.79 Å². The van der Waals surface area contributed by atoms with Gasteiger partial charge >= 0.3 is 0 Å². The molecule has 0 bridgehead atoms. The second-order valence-corrected chi connectivity index (χ2v) is 2.83. The third-order valence-corrected chi connectivity index (χ3v) is 2.02. The summed E-state index contributed by atoms with van der Waals surface area (Å²) in [6.07, 6.45) is 0.733. The van der Waals surface area contributed by atoms with Gasteiger partial charge in [0.05, 0.1) is 12.7 Å². The maximum Gasteiger partial charge on any atom is 0.204 e. The molecule has 1 aliphatic heterocycles. The number of fused-ring (bicyclic) bond motifs is 1. The molecule has 14 heavy (non-hydrogen) atoms. The molecule has 1 aromatic carbocycles. The lowest BCUT2D eigenvalue weighted by Gasteiger charge is -2.20. The summed E-state index contributed by atoms with van der Waals surface area (Å²) in [5.74, 6) is 1.58. The van der Waals surface area contributed by atoms with Crippen LogP contribution in [0.25, 0.3) is 0 Å². The lowest BCUT2D eigenvalue weighted by molar-refractivity contribution is 0.111. The Kier molecular flexibility index (Phi) is 2.26. The highest BCUT2D eigenvalue weighted by Crippen LogP contribution is 2.40. The van der Waals surface area contributed by atoms with Gasteiger partial charge in [0.2, 0.25) is 5.75 Å². The van der Waals surface area contributed by atoms with E-state index in [0.29, 0.717) is 36.0 Å². The summed E-state index contributed by atoms with van der Waals surface area (Å²) in [5, 5.41) is 0. The second-order valence-electron chi connectivity index (χ2n) is 2.83. The highest BCUT2D eigenvalue weighted by molar-refractivity contribution is 5.82. The first-order valence-corrected chi connectivity index (χ1v) is 4.28. The highest BCUT2D eigenvalue weighted by Gasteiger charge is 2.19. The van der Waals surface area contributed by atoms with Crippen molar-refractivity contribution in [2.75, 3.05) is 20.3 Å². The Morgan fingerprint density at radius 2 is 2.14 bits per heavy atom. The molecule has 1 aliphatic rings. The van der Waals surface area contributed by atoms with E-state index in [4.69, 9.17) is 14.2 Å². The highest BCUT2D eigenvalue weighted by atomic mass is 16.6. The molecule has 0 amide bonds. The number of carbonyl (C=O) groups excluding carboxylic acids is 1. The zero-order valence-corrected chi connectivity index (χ0v) is 7.78. The van der Waals surface area contributed by atoms with Crippen LogP contribution in [-0.4, -0.2) is 26.6 Å². The second kappa shape index (κ2) is 3.57. The Hall–Kier alpha value is -1.71. The van der Waals surface area contributed by atoms with Crippen LogP contribution in [0.5, 0.6) is 17.2 Å². The van der Waals surface area contributed by atoms with Gasteiger partial charge in [0.25, 0.3) is 0 Å². The number of aldehydes is 1. The molecule has 1 heterocycles. The minimum atomic E-state index is 0.442. The molecule has 0 saturated heterocycles. The minimum absolute atomic E-state index is 0.442. The van der Waals surface area contributed by atoms with Crippen molar-refractivity contribution < 1.29 is 19.0 Å². The van der Waals surface area contributed by atoms with E-state index in [1.165, 1.54) is 7.11 Å². The van der Waals surface area contributed by atoms with E-state index in [0.717, 1.165) is 6.29 Å². The summed E-state index contributed by atoms with van der Waals surface area (Å²) in [4.78, 5) is 10.7. The van der Waals surface area contributed by atoms with Crippen LogP contribution < -0.4 is 14.2 Å². The van der Waals surface area contributed by atoms with Crippen LogP contribution in [0.3, 0.4) is 0 Å². The average molecular weight is 194 g/mol. The van der Waals surface area contributed by atoms with Gasteiger partial charge in [-0.25, -0.2) is 0 Å². The Morgan fingerprint density at radius 3 is 2.86 bits per heavy atom. The SMILES string of the molecule is COc1c(C=O)ccc2c1OCCO2. The van der Waals surface area contributed by atoms with Gasteiger partial charge in [-0.1, -0.05) is 0 Å². The number of benzene rings is 1. The zero-order chi connectivity index (χ0) is 9.97. The fourth-order valence-corrected chi connectivity index (χ4v) is 1.41. The average Bonchev–Trinajstić information content (AvgIpc) is 2.27. The van der Waals surface area contributed by atoms with Crippen molar-refractivity contribution in [3.63, 3.8) is 0 Å². The first kappa shape index (κ1) is 8.87. The van der Waals surface area contributed by atoms with E-state index in [-0.39, 0.29) is 0 Å². The normalized spacial score (nSPS) is 13.5. The third kappa shape index (κ3) is 1.28. The van der Waals surface area contributed by atoms with Gasteiger partial charge in [-0.05, 0) is 12.1 Å². The molecular formula is C10H10O4. The van der Waals surface area contributed by atoms with Crippen molar-refractivity contribution in [1.29, 1.82) is 0 Å². The van der Waals surface area contributed by atoms with Crippen LogP contribution in [0.1, 0.15) is 10.4 Å². The molecule has 0 saturated carbocycles. The van der Waals surface area contributed by atoms with Crippen LogP contribution in [0.2, 0.25) is 0 Å². The van der Waals surface area contributed by atoms with Gasteiger partial charge in [0, 0.05) is 0 Å². The lowest BCUT2D eigenvalue weighted by atomic mass is 10.2. The molecule has 0 unspecified atom stereocenters. The molecule has 0 N–H and O–H groups in total. The largest absolute Gasteiger partial charge is 0.492 e. The van der Waals surface area contributed by atoms with E-state index in [1.54, 1.807) is 12.1 Å². The van der Waals surface area contributed by atoms with Gasteiger partial charge < -0.3 is 14.2 Å². The molecule has 0 aromatic heterocycles. The Bertz CT molecular complexity index is 359. The molecule has 0 radical (unpaired) electrons. The number of methoxy groups -OCH3 is 1. The monoisotopic (exact) mass is 194 g/mol. The van der Waals surface area contributed by atoms with Crippen LogP contribution in [0.15, 0.2) is 12.1 Å². The Morgan fingerprint density at radius 1 is 1.36 bits per heavy atom. The molecule has 2 rings (SSSR count). The van der Waals surface area contributed by atoms with Crippen LogP contribution >= 0.6 is 0 Å². The number of ether oxygens (including phenoxy) is 3. The summed E-state index contributed by atoms with van der Waals surface area (Å²) in [7, 11) is 1.50. The standard InChI is InChI=1S/C10H10O4/c1-12-9-7(6-11)2-3-8-10(9)14-5-4-13-8/h2-3,6H,4-5H2,1H3. The van der Waals surface area contributed by atoms with E-state index in [9.17, 15) is 4.79 Å². The van der Waals surface area contributed by atoms with E-state index in [2.05, 4.69) is 0 Å². The van der Waals surface area contributed by atoms with Crippen LogP contribution in [0.4, 0.5) is 0 Å². The summed E-state index contributed by atoms with van der Waals surface area (Å²) < 4.78 is 15.8. The fraction of sp³-hybridized carbons (Fsp3) is 0.300. The van der Waals surface area contributed by atoms with Crippen molar-refractivity contribution in [3.05, 3.63) is 17.7 Å². The molecule has 0 atom stereocenters. The third-order valence-electron chi connectivity index (χ3n) is 2.02. The summed E-state index contributed by atoms with van der Waals surface area (Å²) in [5.41, 5.74) is 0.469. The quantitative estimate of drug-likeness (QED) is 0.665. The number of hydrogen-bond donors (Lipinski definition) is 0. The Labute approximate surface area is 81.4 Å². The van der Waals surface area contributed by atoms with E-state index >= 15 is 0 Å². The van der Waals surface area contributed by atoms with Gasteiger partial charge in [0.1, 0.15) is 13.2 Å². The molecule has 4 heteroatoms. The summed E-state index contributed by atoms with van der Waals surface area (Å²) >= 11 is 0. The molecule has 1 aromatic rings. The van der Waals surface area contributed by atoms with Crippen molar-refractivity contribution in [3.8, 4) is 17.2 Å². The first-order valence-electron chi connectivity index (χ1n) is 4.28. The molecular weight excluding hydrogens is 184 g/mol. The minimum Gasteiger partial charge on any atom is -0.492 e. The number of hydrogen-bond acceptors (Lipinski definition) is 4. The van der Waals surface area contributed by atoms with Crippen molar-refractivity contribution in [1.82, 2.24) is 0 Å². The van der Waals surface area contributed by atoms with Gasteiger partial charge in [-0.15, -0.1) is 0 Å². The maximum atomic E-state index is 10.7. The fourth-order valence-electron chi connectivity index (χ4n) is 1.41. The Balaban J connectivity index is 2.55.